The van der Waals surface area contributed by atoms with Gasteiger partial charge in [-0.3, -0.25) is 14.5 Å². The summed E-state index contributed by atoms with van der Waals surface area (Å²) in [5.41, 5.74) is 4.50. The number of hydrogen-bond acceptors (Lipinski definition) is 7. The zero-order chi connectivity index (χ0) is 30.9. The summed E-state index contributed by atoms with van der Waals surface area (Å²) in [5, 5.41) is 12.4. The Morgan fingerprint density at radius 2 is 1.67 bits per heavy atom. The van der Waals surface area contributed by atoms with E-state index in [0.29, 0.717) is 23.4 Å². The summed E-state index contributed by atoms with van der Waals surface area (Å²) in [5.74, 6) is -0.694. The highest BCUT2D eigenvalue weighted by Gasteiger charge is 2.51. The molecule has 7 atom stereocenters. The molecule has 2 aromatic rings. The molecule has 5 rings (SSSR count). The number of hydrogen-bond donors (Lipinski definition) is 2. The van der Waals surface area contributed by atoms with E-state index in [1.165, 1.54) is 26.2 Å². The van der Waals surface area contributed by atoms with Gasteiger partial charge in [0.15, 0.2) is 12.4 Å². The van der Waals surface area contributed by atoms with Gasteiger partial charge in [-0.1, -0.05) is 76.2 Å². The van der Waals surface area contributed by atoms with Crippen LogP contribution in [0.4, 0.5) is 0 Å². The fourth-order valence-electron chi connectivity index (χ4n) is 7.78. The Morgan fingerprint density at radius 1 is 1.02 bits per heavy atom. The van der Waals surface area contributed by atoms with Crippen LogP contribution < -0.4 is 5.32 Å². The van der Waals surface area contributed by atoms with Crippen LogP contribution in [0.25, 0.3) is 0 Å². The summed E-state index contributed by atoms with van der Waals surface area (Å²) in [7, 11) is 0. The Balaban J connectivity index is 1.32. The molecule has 8 heteroatoms. The molecule has 2 aliphatic heterocycles. The summed E-state index contributed by atoms with van der Waals surface area (Å²) in [6, 6.07) is 16.5. The van der Waals surface area contributed by atoms with Crippen LogP contribution in [-0.4, -0.2) is 53.2 Å². The van der Waals surface area contributed by atoms with Gasteiger partial charge >= 0.3 is 5.97 Å². The molecule has 2 N–H and O–H groups in total. The lowest BCUT2D eigenvalue weighted by molar-refractivity contribution is -0.276. The second-order valence-corrected chi connectivity index (χ2v) is 14.2. The van der Waals surface area contributed by atoms with Crippen LogP contribution in [0.5, 0.6) is 0 Å². The molecule has 2 saturated heterocycles. The monoisotopic (exact) mass is 592 g/mol. The number of carbonyl (C=O) groups is 2. The fourth-order valence-corrected chi connectivity index (χ4v) is 7.78. The van der Waals surface area contributed by atoms with E-state index in [9.17, 15) is 14.7 Å². The molecule has 1 aliphatic carbocycles. The molecule has 2 heterocycles. The Morgan fingerprint density at radius 3 is 2.33 bits per heavy atom. The molecule has 0 aromatic heterocycles. The van der Waals surface area contributed by atoms with Crippen molar-refractivity contribution in [3.63, 3.8) is 0 Å². The molecule has 1 saturated carbocycles. The van der Waals surface area contributed by atoms with Crippen molar-refractivity contribution in [3.8, 4) is 0 Å². The smallest absolute Gasteiger partial charge is 0.303 e. The minimum atomic E-state index is -0.841. The number of ether oxygens (including phenoxy) is 3. The Labute approximate surface area is 256 Å². The van der Waals surface area contributed by atoms with Crippen molar-refractivity contribution in [3.05, 3.63) is 70.8 Å². The largest absolute Gasteiger partial charge is 0.453 e. The molecule has 234 valence electrons. The van der Waals surface area contributed by atoms with Gasteiger partial charge in [0.05, 0.1) is 18.8 Å². The van der Waals surface area contributed by atoms with E-state index in [2.05, 4.69) is 50.0 Å². The second kappa shape index (κ2) is 12.7. The van der Waals surface area contributed by atoms with Gasteiger partial charge in [0.25, 0.3) is 5.91 Å². The molecular weight excluding hydrogens is 544 g/mol. The van der Waals surface area contributed by atoms with Gasteiger partial charge in [0.1, 0.15) is 0 Å². The van der Waals surface area contributed by atoms with E-state index < -0.39 is 18.4 Å². The highest BCUT2D eigenvalue weighted by Crippen LogP contribution is 2.53. The molecule has 2 bridgehead atoms. The molecule has 2 unspecified atom stereocenters. The van der Waals surface area contributed by atoms with E-state index in [4.69, 9.17) is 14.2 Å². The number of aliphatic hydroxyl groups is 1. The number of fused-ring (bicyclic) bond motifs is 2. The van der Waals surface area contributed by atoms with Gasteiger partial charge in [0.2, 0.25) is 0 Å². The lowest BCUT2D eigenvalue weighted by atomic mass is 9.65. The molecular formula is C35H48N2O6. The summed E-state index contributed by atoms with van der Waals surface area (Å²) in [6.45, 7) is 14.6. The van der Waals surface area contributed by atoms with Crippen LogP contribution in [0.2, 0.25) is 0 Å². The van der Waals surface area contributed by atoms with Crippen LogP contribution in [-0.2, 0) is 37.0 Å². The first-order valence-corrected chi connectivity index (χ1v) is 15.6. The number of likely N-dealkylation sites (tertiary alicyclic amines) is 1. The third-order valence-electron chi connectivity index (χ3n) is 9.49. The van der Waals surface area contributed by atoms with E-state index in [1.54, 1.807) is 6.92 Å². The average molecular weight is 593 g/mol. The van der Waals surface area contributed by atoms with Gasteiger partial charge in [-0.15, -0.1) is 0 Å². The van der Waals surface area contributed by atoms with Crippen molar-refractivity contribution >= 4 is 11.9 Å². The molecule has 1 amide bonds. The molecule has 2 aromatic carbocycles. The summed E-state index contributed by atoms with van der Waals surface area (Å²) >= 11 is 0. The standard InChI is InChI=1S/C35H48N2O6/c1-22-30(18-37-21-35(6)16-29(37)15-34(4,5)20-35)42-33(43-31(22)27-11-9-26(19-38)10-12-27)28-13-7-25(8-14-28)17-36-32(40)23(2)41-24(3)39/h7-14,22-23,29-31,33,38H,15-21H2,1-6H3,(H,36,40)/t22-,23-,29?,30+,31+,33+,35?/m0/s1. The van der Waals surface area contributed by atoms with Gasteiger partial charge in [-0.2, -0.15) is 0 Å². The van der Waals surface area contributed by atoms with Crippen LogP contribution >= 0.6 is 0 Å². The minimum absolute atomic E-state index is 0.0106. The van der Waals surface area contributed by atoms with Crippen molar-refractivity contribution in [2.75, 3.05) is 13.1 Å². The van der Waals surface area contributed by atoms with Crippen molar-refractivity contribution in [1.29, 1.82) is 0 Å². The van der Waals surface area contributed by atoms with E-state index >= 15 is 0 Å². The Bertz CT molecular complexity index is 1280. The van der Waals surface area contributed by atoms with Crippen LogP contribution in [0.15, 0.2) is 48.5 Å². The van der Waals surface area contributed by atoms with Crippen molar-refractivity contribution in [2.45, 2.75) is 105 Å². The molecule has 0 radical (unpaired) electrons. The third-order valence-corrected chi connectivity index (χ3v) is 9.49. The number of benzene rings is 2. The minimum Gasteiger partial charge on any atom is -0.453 e. The first-order valence-electron chi connectivity index (χ1n) is 15.6. The number of carbonyl (C=O) groups excluding carboxylic acids is 2. The second-order valence-electron chi connectivity index (χ2n) is 14.2. The van der Waals surface area contributed by atoms with Gasteiger partial charge < -0.3 is 24.6 Å². The maximum Gasteiger partial charge on any atom is 0.303 e. The molecule has 3 fully saturated rings. The number of nitrogens with one attached hydrogen (secondary N) is 1. The SMILES string of the molecule is CC(=O)O[C@@H](C)C(=O)NCc1ccc([C@@H]2O[C@H](CN3CC4(C)CC3CC(C)(C)C4)[C@H](C)[C@H](c3ccc(CO)cc3)O2)cc1. The van der Waals surface area contributed by atoms with E-state index in [-0.39, 0.29) is 30.6 Å². The number of nitrogens with zero attached hydrogens (tertiary/aromatic N) is 1. The quantitative estimate of drug-likeness (QED) is 0.375. The topological polar surface area (TPSA) is 97.3 Å². The summed E-state index contributed by atoms with van der Waals surface area (Å²) in [4.78, 5) is 26.1. The maximum absolute atomic E-state index is 12.3. The predicted molar refractivity (Wildman–Crippen MR) is 164 cm³/mol. The normalized spacial score (nSPS) is 30.9. The van der Waals surface area contributed by atoms with Gasteiger partial charge in [0, 0.05) is 44.1 Å². The number of aliphatic hydroxyl groups excluding tert-OH is 1. The Hall–Kier alpha value is -2.78. The predicted octanol–water partition coefficient (Wildman–Crippen LogP) is 5.44. The highest BCUT2D eigenvalue weighted by molar-refractivity contribution is 5.82. The van der Waals surface area contributed by atoms with Crippen LogP contribution in [0.1, 0.15) is 95.5 Å². The third kappa shape index (κ3) is 7.48. The molecule has 3 aliphatic rings. The summed E-state index contributed by atoms with van der Waals surface area (Å²) < 4.78 is 18.4. The molecule has 8 nitrogen and oxygen atoms in total. The highest BCUT2D eigenvalue weighted by atomic mass is 16.7. The first-order chi connectivity index (χ1) is 20.3. The van der Waals surface area contributed by atoms with E-state index in [1.807, 2.05) is 36.4 Å². The maximum atomic E-state index is 12.3. The number of esters is 1. The molecule has 43 heavy (non-hydrogen) atoms. The van der Waals surface area contributed by atoms with Crippen molar-refractivity contribution in [2.24, 2.45) is 16.7 Å². The fraction of sp³-hybridized carbons (Fsp3) is 0.600. The lowest BCUT2D eigenvalue weighted by Gasteiger charge is -2.43. The lowest BCUT2D eigenvalue weighted by Crippen LogP contribution is -2.46. The van der Waals surface area contributed by atoms with E-state index in [0.717, 1.165) is 35.3 Å². The zero-order valence-electron chi connectivity index (χ0n) is 26.5. The van der Waals surface area contributed by atoms with Crippen molar-refractivity contribution in [1.82, 2.24) is 10.2 Å². The number of rotatable bonds is 9. The van der Waals surface area contributed by atoms with Gasteiger partial charge in [-0.05, 0) is 53.7 Å². The summed E-state index contributed by atoms with van der Waals surface area (Å²) in [6.07, 6.45) is 2.17. The number of amides is 1. The zero-order valence-corrected chi connectivity index (χ0v) is 26.5. The van der Waals surface area contributed by atoms with Crippen molar-refractivity contribution < 1.29 is 28.9 Å². The molecule has 0 spiro atoms. The Kier molecular flexibility index (Phi) is 9.33. The van der Waals surface area contributed by atoms with Crippen LogP contribution in [0.3, 0.4) is 0 Å². The first kappa shape index (κ1) is 31.6. The van der Waals surface area contributed by atoms with Gasteiger partial charge in [-0.25, -0.2) is 0 Å². The average Bonchev–Trinajstić information content (AvgIpc) is 3.19. The van der Waals surface area contributed by atoms with Crippen LogP contribution in [0, 0.1) is 16.7 Å².